The van der Waals surface area contributed by atoms with Crippen LogP contribution in [0.3, 0.4) is 0 Å². The molecule has 64 valence electrons. The van der Waals surface area contributed by atoms with Crippen LogP contribution < -0.4 is 5.90 Å². The Morgan fingerprint density at radius 3 is 2.73 bits per heavy atom. The summed E-state index contributed by atoms with van der Waals surface area (Å²) in [5.74, 6) is 5.02. The summed E-state index contributed by atoms with van der Waals surface area (Å²) in [6.07, 6.45) is 9.38. The zero-order valence-corrected chi connectivity index (χ0v) is 7.18. The standard InChI is InChI=1S/C9H17NO/c1-2-3-4-5-9(6-7-9)8-11-10/h4-5H,2-3,6-8,10H2,1H3/b5-4+. The molecule has 1 aliphatic rings. The minimum atomic E-state index is 0.323. The number of unbranched alkanes of at least 4 members (excludes halogenated alkanes) is 1. The van der Waals surface area contributed by atoms with E-state index in [2.05, 4.69) is 23.9 Å². The Morgan fingerprint density at radius 1 is 1.55 bits per heavy atom. The number of nitrogens with two attached hydrogens (primary N) is 1. The Morgan fingerprint density at radius 2 is 2.27 bits per heavy atom. The zero-order chi connectivity index (χ0) is 8.16. The largest absolute Gasteiger partial charge is 0.304 e. The fraction of sp³-hybridized carbons (Fsp3) is 0.778. The second kappa shape index (κ2) is 3.88. The van der Waals surface area contributed by atoms with E-state index in [0.29, 0.717) is 12.0 Å². The number of hydrogen-bond donors (Lipinski definition) is 1. The first-order valence-corrected chi connectivity index (χ1v) is 4.32. The van der Waals surface area contributed by atoms with Gasteiger partial charge >= 0.3 is 0 Å². The van der Waals surface area contributed by atoms with Crippen LogP contribution in [0.1, 0.15) is 32.6 Å². The third-order valence-electron chi connectivity index (χ3n) is 2.19. The minimum absolute atomic E-state index is 0.323. The van der Waals surface area contributed by atoms with Gasteiger partial charge in [-0.25, -0.2) is 5.90 Å². The number of allylic oxidation sites excluding steroid dienone is 1. The van der Waals surface area contributed by atoms with Crippen LogP contribution in [0.5, 0.6) is 0 Å². The van der Waals surface area contributed by atoms with Crippen molar-refractivity contribution in [3.63, 3.8) is 0 Å². The highest BCUT2D eigenvalue weighted by Crippen LogP contribution is 2.47. The summed E-state index contributed by atoms with van der Waals surface area (Å²) in [4.78, 5) is 4.65. The maximum absolute atomic E-state index is 5.02. The zero-order valence-electron chi connectivity index (χ0n) is 7.18. The molecular weight excluding hydrogens is 138 g/mol. The van der Waals surface area contributed by atoms with E-state index in [1.54, 1.807) is 0 Å². The highest BCUT2D eigenvalue weighted by Gasteiger charge is 2.39. The van der Waals surface area contributed by atoms with Crippen LogP contribution >= 0.6 is 0 Å². The SMILES string of the molecule is CCC/C=C/C1(CON)CC1. The van der Waals surface area contributed by atoms with Crippen molar-refractivity contribution in [1.29, 1.82) is 0 Å². The van der Waals surface area contributed by atoms with Crippen LogP contribution in [-0.4, -0.2) is 6.61 Å². The maximum Gasteiger partial charge on any atom is 0.0769 e. The van der Waals surface area contributed by atoms with Crippen molar-refractivity contribution in [2.24, 2.45) is 11.3 Å². The fourth-order valence-electron chi connectivity index (χ4n) is 1.19. The monoisotopic (exact) mass is 155 g/mol. The molecule has 1 fully saturated rings. The molecule has 0 atom stereocenters. The van der Waals surface area contributed by atoms with Gasteiger partial charge in [0, 0.05) is 5.41 Å². The van der Waals surface area contributed by atoms with Crippen molar-refractivity contribution in [1.82, 2.24) is 0 Å². The average Bonchev–Trinajstić information content (AvgIpc) is 2.71. The van der Waals surface area contributed by atoms with Crippen LogP contribution in [0.4, 0.5) is 0 Å². The summed E-state index contributed by atoms with van der Waals surface area (Å²) < 4.78 is 0. The molecular formula is C9H17NO. The van der Waals surface area contributed by atoms with Crippen LogP contribution in [-0.2, 0) is 4.84 Å². The van der Waals surface area contributed by atoms with E-state index in [-0.39, 0.29) is 0 Å². The van der Waals surface area contributed by atoms with Crippen molar-refractivity contribution >= 4 is 0 Å². The van der Waals surface area contributed by atoms with Crippen molar-refractivity contribution in [2.45, 2.75) is 32.6 Å². The highest BCUT2D eigenvalue weighted by atomic mass is 16.6. The first kappa shape index (κ1) is 8.75. The quantitative estimate of drug-likeness (QED) is 0.487. The molecule has 0 amide bonds. The topological polar surface area (TPSA) is 35.2 Å². The molecule has 0 aromatic heterocycles. The van der Waals surface area contributed by atoms with Gasteiger partial charge in [0.25, 0.3) is 0 Å². The van der Waals surface area contributed by atoms with Crippen LogP contribution in [0, 0.1) is 5.41 Å². The molecule has 1 aliphatic carbocycles. The van der Waals surface area contributed by atoms with Crippen molar-refractivity contribution in [3.05, 3.63) is 12.2 Å². The summed E-state index contributed by atoms with van der Waals surface area (Å²) in [6, 6.07) is 0. The molecule has 0 aliphatic heterocycles. The van der Waals surface area contributed by atoms with Gasteiger partial charge in [0.2, 0.25) is 0 Å². The van der Waals surface area contributed by atoms with Gasteiger partial charge in [-0.05, 0) is 19.3 Å². The molecule has 0 aromatic rings. The van der Waals surface area contributed by atoms with Gasteiger partial charge < -0.3 is 4.84 Å². The van der Waals surface area contributed by atoms with E-state index in [4.69, 9.17) is 5.90 Å². The lowest BCUT2D eigenvalue weighted by Crippen LogP contribution is -2.11. The lowest BCUT2D eigenvalue weighted by atomic mass is 10.1. The van der Waals surface area contributed by atoms with E-state index < -0.39 is 0 Å². The second-order valence-corrected chi connectivity index (χ2v) is 3.36. The summed E-state index contributed by atoms with van der Waals surface area (Å²) in [6.45, 7) is 2.87. The van der Waals surface area contributed by atoms with Crippen molar-refractivity contribution in [2.75, 3.05) is 6.61 Å². The minimum Gasteiger partial charge on any atom is -0.304 e. The first-order chi connectivity index (χ1) is 5.33. The Labute approximate surface area is 68.4 Å². The van der Waals surface area contributed by atoms with E-state index in [1.807, 2.05) is 0 Å². The van der Waals surface area contributed by atoms with Gasteiger partial charge in [-0.2, -0.15) is 0 Å². The maximum atomic E-state index is 5.02. The molecule has 0 aromatic carbocycles. The smallest absolute Gasteiger partial charge is 0.0769 e. The normalized spacial score (nSPS) is 20.9. The molecule has 2 N–H and O–H groups in total. The van der Waals surface area contributed by atoms with Gasteiger partial charge in [0.1, 0.15) is 0 Å². The van der Waals surface area contributed by atoms with Crippen LogP contribution in [0.15, 0.2) is 12.2 Å². The summed E-state index contributed by atoms with van der Waals surface area (Å²) >= 11 is 0. The van der Waals surface area contributed by atoms with E-state index in [9.17, 15) is 0 Å². The summed E-state index contributed by atoms with van der Waals surface area (Å²) in [5.41, 5.74) is 0.323. The Balaban J connectivity index is 2.23. The predicted octanol–water partition coefficient (Wildman–Crippen LogP) is 2.01. The van der Waals surface area contributed by atoms with Gasteiger partial charge in [-0.1, -0.05) is 25.5 Å². The molecule has 0 heterocycles. The Kier molecular flexibility index (Phi) is 3.09. The molecule has 2 nitrogen and oxygen atoms in total. The Bertz CT molecular complexity index is 138. The van der Waals surface area contributed by atoms with Crippen molar-refractivity contribution in [3.8, 4) is 0 Å². The highest BCUT2D eigenvalue weighted by molar-refractivity contribution is 5.09. The molecule has 0 bridgehead atoms. The van der Waals surface area contributed by atoms with Crippen LogP contribution in [0.2, 0.25) is 0 Å². The first-order valence-electron chi connectivity index (χ1n) is 4.32. The molecule has 0 saturated heterocycles. The lowest BCUT2D eigenvalue weighted by molar-refractivity contribution is 0.108. The lowest BCUT2D eigenvalue weighted by Gasteiger charge is -2.05. The Hall–Kier alpha value is -0.340. The average molecular weight is 155 g/mol. The van der Waals surface area contributed by atoms with Gasteiger partial charge in [-0.15, -0.1) is 0 Å². The molecule has 0 radical (unpaired) electrons. The number of rotatable bonds is 5. The number of hydrogen-bond acceptors (Lipinski definition) is 2. The van der Waals surface area contributed by atoms with Crippen molar-refractivity contribution < 1.29 is 4.84 Å². The van der Waals surface area contributed by atoms with E-state index >= 15 is 0 Å². The molecule has 1 saturated carbocycles. The van der Waals surface area contributed by atoms with Gasteiger partial charge in [0.15, 0.2) is 0 Å². The molecule has 2 heteroatoms. The third kappa shape index (κ3) is 2.64. The molecule has 0 spiro atoms. The predicted molar refractivity (Wildman–Crippen MR) is 45.9 cm³/mol. The fourth-order valence-corrected chi connectivity index (χ4v) is 1.19. The van der Waals surface area contributed by atoms with Gasteiger partial charge in [0.05, 0.1) is 6.61 Å². The molecule has 0 unspecified atom stereocenters. The van der Waals surface area contributed by atoms with Gasteiger partial charge in [-0.3, -0.25) is 0 Å². The second-order valence-electron chi connectivity index (χ2n) is 3.36. The summed E-state index contributed by atoms with van der Waals surface area (Å²) in [5, 5.41) is 0. The third-order valence-corrected chi connectivity index (χ3v) is 2.19. The summed E-state index contributed by atoms with van der Waals surface area (Å²) in [7, 11) is 0. The molecule has 1 rings (SSSR count). The van der Waals surface area contributed by atoms with E-state index in [1.165, 1.54) is 25.7 Å². The van der Waals surface area contributed by atoms with Crippen LogP contribution in [0.25, 0.3) is 0 Å². The van der Waals surface area contributed by atoms with E-state index in [0.717, 1.165) is 0 Å². The molecule has 11 heavy (non-hydrogen) atoms.